The van der Waals surface area contributed by atoms with Gasteiger partial charge in [-0.05, 0) is 18.6 Å². The largest absolute Gasteiger partial charge is 0.330 e. The van der Waals surface area contributed by atoms with Gasteiger partial charge >= 0.3 is 0 Å². The van der Waals surface area contributed by atoms with Crippen LogP contribution in [-0.4, -0.2) is 11.5 Å². The number of nitrogens with two attached hydrogens (primary N) is 1. The summed E-state index contributed by atoms with van der Waals surface area (Å²) in [5, 5.41) is 8.66. The Morgan fingerprint density at radius 1 is 1.57 bits per heavy atom. The summed E-state index contributed by atoms with van der Waals surface area (Å²) in [4.78, 5) is 3.98. The highest BCUT2D eigenvalue weighted by Gasteiger charge is 1.97. The van der Waals surface area contributed by atoms with Crippen molar-refractivity contribution < 1.29 is 0 Å². The van der Waals surface area contributed by atoms with E-state index in [1.165, 1.54) is 0 Å². The van der Waals surface area contributed by atoms with Gasteiger partial charge < -0.3 is 5.73 Å². The molecule has 0 bridgehead atoms. The zero-order valence-electron chi connectivity index (χ0n) is 8.04. The number of aryl methyl sites for hydroxylation is 1. The van der Waals surface area contributed by atoms with Crippen LogP contribution >= 0.6 is 0 Å². The fourth-order valence-corrected chi connectivity index (χ4v) is 0.997. The van der Waals surface area contributed by atoms with Crippen LogP contribution in [0.2, 0.25) is 0 Å². The Morgan fingerprint density at radius 2 is 2.36 bits per heavy atom. The normalized spacial score (nSPS) is 8.64. The molecule has 70 valence electrons. The van der Waals surface area contributed by atoms with Crippen LogP contribution in [0.1, 0.15) is 23.2 Å². The van der Waals surface area contributed by atoms with Crippen LogP contribution in [0.25, 0.3) is 0 Å². The molecule has 3 heteroatoms. The Morgan fingerprint density at radius 3 is 2.93 bits per heavy atom. The molecule has 0 aromatic carbocycles. The minimum atomic E-state index is 0.453. The van der Waals surface area contributed by atoms with Crippen molar-refractivity contribution in [3.05, 3.63) is 29.1 Å². The van der Waals surface area contributed by atoms with Gasteiger partial charge in [-0.15, -0.1) is 0 Å². The van der Waals surface area contributed by atoms with Gasteiger partial charge in [0.05, 0.1) is 0 Å². The molecule has 1 aromatic rings. The molecule has 3 nitrogen and oxygen atoms in total. The molecule has 1 aromatic heterocycles. The summed E-state index contributed by atoms with van der Waals surface area (Å²) in [5.41, 5.74) is 7.44. The first-order chi connectivity index (χ1) is 6.77. The maximum absolute atomic E-state index is 8.66. The molecule has 1 rings (SSSR count). The van der Waals surface area contributed by atoms with Crippen LogP contribution in [0.15, 0.2) is 12.3 Å². The van der Waals surface area contributed by atoms with Crippen molar-refractivity contribution in [2.45, 2.75) is 13.3 Å². The van der Waals surface area contributed by atoms with Crippen molar-refractivity contribution in [2.75, 3.05) is 6.54 Å². The lowest BCUT2D eigenvalue weighted by molar-refractivity contribution is 1.03. The van der Waals surface area contributed by atoms with E-state index < -0.39 is 0 Å². The van der Waals surface area contributed by atoms with Gasteiger partial charge in [0.2, 0.25) is 0 Å². The zero-order valence-corrected chi connectivity index (χ0v) is 8.04. The van der Waals surface area contributed by atoms with E-state index in [2.05, 4.69) is 16.8 Å². The lowest BCUT2D eigenvalue weighted by Crippen LogP contribution is -1.95. The summed E-state index contributed by atoms with van der Waals surface area (Å²) in [7, 11) is 0. The second kappa shape index (κ2) is 5.01. The Kier molecular flexibility index (Phi) is 3.67. The molecule has 0 unspecified atom stereocenters. The SMILES string of the molecule is Cc1cc(C#CCCN)cnc1C#N. The summed E-state index contributed by atoms with van der Waals surface area (Å²) in [6, 6.07) is 3.87. The first-order valence-corrected chi connectivity index (χ1v) is 4.33. The van der Waals surface area contributed by atoms with Gasteiger partial charge in [-0.1, -0.05) is 11.8 Å². The summed E-state index contributed by atoms with van der Waals surface area (Å²) in [6.07, 6.45) is 2.29. The summed E-state index contributed by atoms with van der Waals surface area (Å²) in [5.74, 6) is 5.85. The number of hydrogen-bond acceptors (Lipinski definition) is 3. The molecule has 0 saturated heterocycles. The quantitative estimate of drug-likeness (QED) is 0.663. The molecule has 0 spiro atoms. The van der Waals surface area contributed by atoms with Gasteiger partial charge in [0.25, 0.3) is 0 Å². The third kappa shape index (κ3) is 2.58. The number of rotatable bonds is 1. The highest BCUT2D eigenvalue weighted by atomic mass is 14.7. The average Bonchev–Trinajstić information content (AvgIpc) is 2.18. The Balaban J connectivity index is 2.89. The molecule has 0 aliphatic rings. The van der Waals surface area contributed by atoms with Crippen LogP contribution in [0, 0.1) is 30.1 Å². The lowest BCUT2D eigenvalue weighted by Gasteiger charge is -1.95. The van der Waals surface area contributed by atoms with Gasteiger partial charge in [0.15, 0.2) is 0 Å². The Labute approximate surface area is 83.6 Å². The lowest BCUT2D eigenvalue weighted by atomic mass is 10.1. The molecular weight excluding hydrogens is 174 g/mol. The molecule has 14 heavy (non-hydrogen) atoms. The molecule has 0 amide bonds. The molecule has 0 fully saturated rings. The first-order valence-electron chi connectivity index (χ1n) is 4.33. The molecule has 0 saturated carbocycles. The standard InChI is InChI=1S/C11H11N3/c1-9-6-10(4-2-3-5-12)8-14-11(9)7-13/h6,8H,3,5,12H2,1H3. The van der Waals surface area contributed by atoms with Crippen LogP contribution in [-0.2, 0) is 0 Å². The second-order valence-electron chi connectivity index (χ2n) is 2.84. The van der Waals surface area contributed by atoms with E-state index in [-0.39, 0.29) is 0 Å². The molecule has 0 radical (unpaired) electrons. The Bertz CT molecular complexity index is 418. The van der Waals surface area contributed by atoms with E-state index in [1.807, 2.05) is 19.1 Å². The zero-order chi connectivity index (χ0) is 10.4. The fraction of sp³-hybridized carbons (Fsp3) is 0.273. The van der Waals surface area contributed by atoms with E-state index in [9.17, 15) is 0 Å². The van der Waals surface area contributed by atoms with Crippen molar-refractivity contribution in [1.82, 2.24) is 4.98 Å². The maximum Gasteiger partial charge on any atom is 0.143 e. The minimum Gasteiger partial charge on any atom is -0.330 e. The van der Waals surface area contributed by atoms with E-state index in [1.54, 1.807) is 6.20 Å². The molecule has 0 aliphatic heterocycles. The topological polar surface area (TPSA) is 62.7 Å². The van der Waals surface area contributed by atoms with Crippen molar-refractivity contribution >= 4 is 0 Å². The van der Waals surface area contributed by atoms with Crippen molar-refractivity contribution in [2.24, 2.45) is 5.73 Å². The van der Waals surface area contributed by atoms with Crippen molar-refractivity contribution in [3.63, 3.8) is 0 Å². The van der Waals surface area contributed by atoms with Crippen molar-refractivity contribution in [1.29, 1.82) is 5.26 Å². The van der Waals surface area contributed by atoms with Crippen LogP contribution in [0.3, 0.4) is 0 Å². The third-order valence-corrected chi connectivity index (χ3v) is 1.69. The third-order valence-electron chi connectivity index (χ3n) is 1.69. The summed E-state index contributed by atoms with van der Waals surface area (Å²) >= 11 is 0. The second-order valence-corrected chi connectivity index (χ2v) is 2.84. The Hall–Kier alpha value is -1.84. The highest BCUT2D eigenvalue weighted by Crippen LogP contribution is 2.05. The highest BCUT2D eigenvalue weighted by molar-refractivity contribution is 5.39. The summed E-state index contributed by atoms with van der Waals surface area (Å²) in [6.45, 7) is 2.41. The number of aromatic nitrogens is 1. The van der Waals surface area contributed by atoms with E-state index >= 15 is 0 Å². The molecule has 1 heterocycles. The number of hydrogen-bond donors (Lipinski definition) is 1. The van der Waals surface area contributed by atoms with E-state index in [0.717, 1.165) is 11.1 Å². The van der Waals surface area contributed by atoms with E-state index in [0.29, 0.717) is 18.7 Å². The van der Waals surface area contributed by atoms with Crippen LogP contribution < -0.4 is 5.73 Å². The monoisotopic (exact) mass is 185 g/mol. The van der Waals surface area contributed by atoms with Gasteiger partial charge in [-0.25, -0.2) is 4.98 Å². The van der Waals surface area contributed by atoms with Crippen molar-refractivity contribution in [3.8, 4) is 17.9 Å². The predicted molar refractivity (Wildman–Crippen MR) is 54.2 cm³/mol. The van der Waals surface area contributed by atoms with Crippen LogP contribution in [0.5, 0.6) is 0 Å². The summed E-state index contributed by atoms with van der Waals surface area (Å²) < 4.78 is 0. The van der Waals surface area contributed by atoms with Gasteiger partial charge in [0, 0.05) is 24.7 Å². The molecule has 2 N–H and O–H groups in total. The van der Waals surface area contributed by atoms with E-state index in [4.69, 9.17) is 11.0 Å². The van der Waals surface area contributed by atoms with Gasteiger partial charge in [0.1, 0.15) is 11.8 Å². The number of pyridine rings is 1. The van der Waals surface area contributed by atoms with Gasteiger partial charge in [-0.3, -0.25) is 0 Å². The van der Waals surface area contributed by atoms with Gasteiger partial charge in [-0.2, -0.15) is 5.26 Å². The minimum absolute atomic E-state index is 0.453. The fourth-order valence-electron chi connectivity index (χ4n) is 0.997. The number of nitriles is 1. The average molecular weight is 185 g/mol. The first kappa shape index (κ1) is 10.2. The predicted octanol–water partition coefficient (Wildman–Crippen LogP) is 0.962. The molecule has 0 atom stereocenters. The molecular formula is C11H11N3. The van der Waals surface area contributed by atoms with Crippen LogP contribution in [0.4, 0.5) is 0 Å². The smallest absolute Gasteiger partial charge is 0.143 e. The maximum atomic E-state index is 8.66. The molecule has 0 aliphatic carbocycles. The number of nitrogens with zero attached hydrogens (tertiary/aromatic N) is 2.